The predicted octanol–water partition coefficient (Wildman–Crippen LogP) is 4.77. The number of nitrogens with zero attached hydrogens (tertiary/aromatic N) is 1. The summed E-state index contributed by atoms with van der Waals surface area (Å²) in [5.41, 5.74) is 2.17. The van der Waals surface area contributed by atoms with Gasteiger partial charge in [0.1, 0.15) is 0 Å². The van der Waals surface area contributed by atoms with Gasteiger partial charge in [-0.1, -0.05) is 30.3 Å². The number of benzene rings is 2. The Hall–Kier alpha value is -2.21. The van der Waals surface area contributed by atoms with E-state index in [4.69, 9.17) is 0 Å². The fourth-order valence-corrected chi connectivity index (χ4v) is 4.50. The Bertz CT molecular complexity index is 819. The standard InChI is InChI=1S/C21H24F3N3/c1-13(14-6-4-3-5-7-14)26-15-10-16-17-12-25-9-8-19(17)27(2)20(16)18(11-15)21(22,23)24/h3-7,10-11,13,17,19,25-26H,8-9,12H2,1-2H3. The molecule has 2 N–H and O–H groups in total. The number of hydrogen-bond donors (Lipinski definition) is 2. The maximum absolute atomic E-state index is 13.9. The third kappa shape index (κ3) is 3.27. The number of piperidine rings is 1. The number of hydrogen-bond acceptors (Lipinski definition) is 3. The highest BCUT2D eigenvalue weighted by Gasteiger charge is 2.45. The molecule has 0 bridgehead atoms. The van der Waals surface area contributed by atoms with Crippen molar-refractivity contribution >= 4 is 11.4 Å². The number of nitrogens with one attached hydrogen (secondary N) is 2. The molecule has 2 aliphatic rings. The van der Waals surface area contributed by atoms with E-state index in [0.29, 0.717) is 11.4 Å². The lowest BCUT2D eigenvalue weighted by atomic mass is 9.89. The number of rotatable bonds is 3. The molecule has 144 valence electrons. The van der Waals surface area contributed by atoms with E-state index in [0.717, 1.165) is 30.6 Å². The lowest BCUT2D eigenvalue weighted by Crippen LogP contribution is -2.42. The number of fused-ring (bicyclic) bond motifs is 3. The van der Waals surface area contributed by atoms with E-state index in [2.05, 4.69) is 10.6 Å². The number of anilines is 2. The fraction of sp³-hybridized carbons (Fsp3) is 0.429. The predicted molar refractivity (Wildman–Crippen MR) is 102 cm³/mol. The topological polar surface area (TPSA) is 27.3 Å². The summed E-state index contributed by atoms with van der Waals surface area (Å²) in [4.78, 5) is 1.84. The molecule has 3 unspecified atom stereocenters. The highest BCUT2D eigenvalue weighted by Crippen LogP contribution is 2.50. The van der Waals surface area contributed by atoms with Gasteiger partial charge in [-0.05, 0) is 43.1 Å². The van der Waals surface area contributed by atoms with Gasteiger partial charge >= 0.3 is 6.18 Å². The van der Waals surface area contributed by atoms with Gasteiger partial charge in [-0.2, -0.15) is 13.2 Å². The van der Waals surface area contributed by atoms with Crippen molar-refractivity contribution in [1.29, 1.82) is 0 Å². The Labute approximate surface area is 157 Å². The minimum atomic E-state index is -4.38. The van der Waals surface area contributed by atoms with Crippen LogP contribution in [0, 0.1) is 0 Å². The van der Waals surface area contributed by atoms with Crippen molar-refractivity contribution in [2.24, 2.45) is 0 Å². The Morgan fingerprint density at radius 3 is 2.63 bits per heavy atom. The normalized spacial score (nSPS) is 22.9. The van der Waals surface area contributed by atoms with Gasteiger partial charge in [-0.25, -0.2) is 0 Å². The second kappa shape index (κ2) is 6.75. The van der Waals surface area contributed by atoms with Crippen LogP contribution < -0.4 is 15.5 Å². The Morgan fingerprint density at radius 1 is 1.19 bits per heavy atom. The average molecular weight is 375 g/mol. The molecule has 0 saturated carbocycles. The molecule has 0 aliphatic carbocycles. The lowest BCUT2D eigenvalue weighted by molar-refractivity contribution is -0.137. The third-order valence-corrected chi connectivity index (χ3v) is 5.82. The van der Waals surface area contributed by atoms with Crippen LogP contribution in [0.4, 0.5) is 24.5 Å². The fourth-order valence-electron chi connectivity index (χ4n) is 4.50. The summed E-state index contributed by atoms with van der Waals surface area (Å²) in [5, 5.41) is 6.61. The van der Waals surface area contributed by atoms with Crippen LogP contribution in [0.5, 0.6) is 0 Å². The second-order valence-electron chi connectivity index (χ2n) is 7.51. The van der Waals surface area contributed by atoms with Gasteiger partial charge in [0.2, 0.25) is 0 Å². The van der Waals surface area contributed by atoms with E-state index < -0.39 is 11.7 Å². The summed E-state index contributed by atoms with van der Waals surface area (Å²) in [6.45, 7) is 3.53. The summed E-state index contributed by atoms with van der Waals surface area (Å²) >= 11 is 0. The van der Waals surface area contributed by atoms with Crippen LogP contribution in [-0.2, 0) is 6.18 Å². The minimum Gasteiger partial charge on any atom is -0.378 e. The van der Waals surface area contributed by atoms with Crippen LogP contribution in [0.1, 0.15) is 42.0 Å². The first-order valence-electron chi connectivity index (χ1n) is 9.36. The molecule has 3 atom stereocenters. The first kappa shape index (κ1) is 18.2. The molecule has 0 radical (unpaired) electrons. The molecule has 0 aromatic heterocycles. The molecule has 0 spiro atoms. The zero-order chi connectivity index (χ0) is 19.2. The van der Waals surface area contributed by atoms with E-state index in [1.54, 1.807) is 7.05 Å². The maximum Gasteiger partial charge on any atom is 0.418 e. The molecule has 4 rings (SSSR count). The van der Waals surface area contributed by atoms with E-state index >= 15 is 0 Å². The van der Waals surface area contributed by atoms with Crippen molar-refractivity contribution < 1.29 is 13.2 Å². The first-order chi connectivity index (χ1) is 12.9. The average Bonchev–Trinajstić information content (AvgIpc) is 2.94. The first-order valence-corrected chi connectivity index (χ1v) is 9.36. The third-order valence-electron chi connectivity index (χ3n) is 5.82. The van der Waals surface area contributed by atoms with E-state index in [1.807, 2.05) is 48.2 Å². The van der Waals surface area contributed by atoms with Crippen molar-refractivity contribution in [3.63, 3.8) is 0 Å². The number of alkyl halides is 3. The molecule has 2 aromatic carbocycles. The van der Waals surface area contributed by atoms with Gasteiger partial charge in [0.05, 0.1) is 11.3 Å². The highest BCUT2D eigenvalue weighted by molar-refractivity contribution is 5.72. The molecule has 27 heavy (non-hydrogen) atoms. The van der Waals surface area contributed by atoms with Crippen LogP contribution in [0.3, 0.4) is 0 Å². The number of halogens is 3. The Kier molecular flexibility index (Phi) is 4.54. The van der Waals surface area contributed by atoms with Crippen LogP contribution in [0.2, 0.25) is 0 Å². The quantitative estimate of drug-likeness (QED) is 0.809. The molecular formula is C21H24F3N3. The van der Waals surface area contributed by atoms with Crippen molar-refractivity contribution in [3.8, 4) is 0 Å². The molecule has 6 heteroatoms. The zero-order valence-corrected chi connectivity index (χ0v) is 15.5. The molecule has 1 saturated heterocycles. The lowest BCUT2D eigenvalue weighted by Gasteiger charge is -2.31. The van der Waals surface area contributed by atoms with Crippen LogP contribution >= 0.6 is 0 Å². The SMILES string of the molecule is CC(Nc1cc2c(c(C(F)(F)F)c1)N(C)C1CCNCC21)c1ccccc1. The summed E-state index contributed by atoms with van der Waals surface area (Å²) < 4.78 is 41.6. The number of likely N-dealkylation sites (N-methyl/N-ethyl adjacent to an activating group) is 1. The van der Waals surface area contributed by atoms with Crippen LogP contribution in [0.15, 0.2) is 42.5 Å². The summed E-state index contributed by atoms with van der Waals surface area (Å²) in [6.07, 6.45) is -3.52. The Morgan fingerprint density at radius 2 is 1.93 bits per heavy atom. The van der Waals surface area contributed by atoms with Crippen molar-refractivity contribution in [2.45, 2.75) is 37.5 Å². The van der Waals surface area contributed by atoms with E-state index in [9.17, 15) is 13.2 Å². The largest absolute Gasteiger partial charge is 0.418 e. The van der Waals surface area contributed by atoms with Crippen molar-refractivity contribution in [2.75, 3.05) is 30.4 Å². The van der Waals surface area contributed by atoms with Gasteiger partial charge in [-0.3, -0.25) is 0 Å². The van der Waals surface area contributed by atoms with Gasteiger partial charge in [0.25, 0.3) is 0 Å². The smallest absolute Gasteiger partial charge is 0.378 e. The summed E-state index contributed by atoms with van der Waals surface area (Å²) in [7, 11) is 1.80. The summed E-state index contributed by atoms with van der Waals surface area (Å²) in [5.74, 6) is 0.0913. The van der Waals surface area contributed by atoms with Crippen molar-refractivity contribution in [1.82, 2.24) is 5.32 Å². The molecule has 1 fully saturated rings. The molecule has 2 heterocycles. The van der Waals surface area contributed by atoms with Crippen LogP contribution in [0.25, 0.3) is 0 Å². The van der Waals surface area contributed by atoms with Gasteiger partial charge in [0.15, 0.2) is 0 Å². The monoisotopic (exact) mass is 375 g/mol. The van der Waals surface area contributed by atoms with Gasteiger partial charge in [-0.15, -0.1) is 0 Å². The molecule has 0 amide bonds. The molecule has 3 nitrogen and oxygen atoms in total. The van der Waals surface area contributed by atoms with Gasteiger partial charge < -0.3 is 15.5 Å². The molecular weight excluding hydrogens is 351 g/mol. The maximum atomic E-state index is 13.9. The van der Waals surface area contributed by atoms with E-state index in [-0.39, 0.29) is 18.0 Å². The highest BCUT2D eigenvalue weighted by atomic mass is 19.4. The minimum absolute atomic E-state index is 0.0789. The molecule has 2 aliphatic heterocycles. The second-order valence-corrected chi connectivity index (χ2v) is 7.51. The van der Waals surface area contributed by atoms with Gasteiger partial charge in [0, 0.05) is 37.3 Å². The Balaban J connectivity index is 1.75. The molecule has 2 aromatic rings. The van der Waals surface area contributed by atoms with Crippen LogP contribution in [-0.4, -0.2) is 26.2 Å². The zero-order valence-electron chi connectivity index (χ0n) is 15.5. The van der Waals surface area contributed by atoms with E-state index in [1.165, 1.54) is 6.07 Å². The van der Waals surface area contributed by atoms with Crippen molar-refractivity contribution in [3.05, 3.63) is 59.2 Å². The summed E-state index contributed by atoms with van der Waals surface area (Å²) in [6, 6.07) is 13.0.